The quantitative estimate of drug-likeness (QED) is 0.0798. The number of Topliss-reactive ketones (excluding diaryl/α,β-unsaturated/α-hetero) is 1. The highest BCUT2D eigenvalue weighted by atomic mass is 35.5. The van der Waals surface area contributed by atoms with Crippen molar-refractivity contribution in [3.63, 3.8) is 0 Å². The number of ether oxygens (including phenoxy) is 6. The predicted molar refractivity (Wildman–Crippen MR) is 337 cm³/mol. The number of hydrogen-bond acceptors (Lipinski definition) is 22. The summed E-state index contributed by atoms with van der Waals surface area (Å²) in [5.41, 5.74) is 10.4. The van der Waals surface area contributed by atoms with Crippen LogP contribution in [-0.4, -0.2) is 163 Å². The van der Waals surface area contributed by atoms with Gasteiger partial charge in [0.25, 0.3) is 0 Å². The Hall–Kier alpha value is -8.39. The van der Waals surface area contributed by atoms with E-state index in [1.165, 1.54) is 74.6 Å². The van der Waals surface area contributed by atoms with Crippen molar-refractivity contribution in [2.75, 3.05) is 13.7 Å². The molecule has 9 bridgehead atoms. The monoisotopic (exact) mass is 1360 g/mol. The summed E-state index contributed by atoms with van der Waals surface area (Å²) in [7, 11) is 1.27. The zero-order valence-electron chi connectivity index (χ0n) is 52.0. The number of likely N-dealkylation sites (N-methyl/N-ethyl adjacent to an activating group) is 1. The summed E-state index contributed by atoms with van der Waals surface area (Å²) >= 11 is 14.1. The van der Waals surface area contributed by atoms with E-state index in [-0.39, 0.29) is 86.5 Å². The van der Waals surface area contributed by atoms with Crippen LogP contribution in [0.2, 0.25) is 10.0 Å². The van der Waals surface area contributed by atoms with E-state index in [1.807, 2.05) is 13.8 Å². The van der Waals surface area contributed by atoms with Gasteiger partial charge in [-0.25, -0.2) is 0 Å². The lowest BCUT2D eigenvalue weighted by atomic mass is 9.84. The van der Waals surface area contributed by atoms with E-state index >= 15 is 9.59 Å². The lowest BCUT2D eigenvalue weighted by molar-refractivity contribution is -0.333. The van der Waals surface area contributed by atoms with E-state index in [0.29, 0.717) is 12.0 Å². The Labute approximate surface area is 554 Å². The number of ketones is 1. The van der Waals surface area contributed by atoms with Gasteiger partial charge in [-0.3, -0.25) is 33.6 Å². The highest BCUT2D eigenvalue weighted by molar-refractivity contribution is 6.32. The molecule has 510 valence electrons. The number of aromatic hydroxyl groups is 3. The summed E-state index contributed by atoms with van der Waals surface area (Å²) in [4.78, 5) is 99.7. The maximum atomic E-state index is 15.4. The fourth-order valence-corrected chi connectivity index (χ4v) is 12.1. The number of nitrogens with two attached hydrogens (primary N) is 2. The molecule has 17 N–H and O–H groups in total. The molecule has 0 radical (unpaired) electrons. The Morgan fingerprint density at radius 2 is 1.46 bits per heavy atom. The minimum absolute atomic E-state index is 0.0307. The van der Waals surface area contributed by atoms with Crippen LogP contribution in [0, 0.1) is 5.92 Å². The summed E-state index contributed by atoms with van der Waals surface area (Å²) in [6.45, 7) is 5.38. The molecule has 5 aromatic rings. The van der Waals surface area contributed by atoms with Crippen LogP contribution in [-0.2, 0) is 60.7 Å². The number of phenols is 3. The number of carbonyl (C=O) groups excluding carboxylic acids is 7. The topological polar surface area (TPSA) is 449 Å². The number of fused-ring (bicyclic) bond motifs is 15. The Morgan fingerprint density at radius 3 is 2.09 bits per heavy atom. The second-order valence-electron chi connectivity index (χ2n) is 24.5. The molecule has 6 aliphatic heterocycles. The van der Waals surface area contributed by atoms with Crippen molar-refractivity contribution in [2.45, 2.75) is 158 Å². The molecular formula is C65H75Cl2N7O21. The van der Waals surface area contributed by atoms with Gasteiger partial charge >= 0.3 is 0 Å². The number of rotatable bonds is 12. The van der Waals surface area contributed by atoms with E-state index in [4.69, 9.17) is 63.1 Å². The zero-order valence-corrected chi connectivity index (χ0v) is 53.6. The Bertz CT molecular complexity index is 3760. The second kappa shape index (κ2) is 29.7. The zero-order chi connectivity index (χ0) is 69.1. The molecule has 6 heterocycles. The number of nitrogens with one attached hydrogen (secondary N) is 5. The van der Waals surface area contributed by atoms with Gasteiger partial charge in [0, 0.05) is 55.6 Å². The Morgan fingerprint density at radius 1 is 0.789 bits per heavy atom. The fourth-order valence-electron chi connectivity index (χ4n) is 11.6. The molecule has 0 aromatic heterocycles. The molecular weight excluding hydrogens is 1290 g/mol. The molecule has 2 saturated heterocycles. The number of hydrogen-bond donors (Lipinski definition) is 15. The smallest absolute Gasteiger partial charge is 0.247 e. The van der Waals surface area contributed by atoms with Gasteiger partial charge in [0.2, 0.25) is 47.5 Å². The standard InChI is InChI=1S/C65H75Cl2N7O21/c1-27(2)6-15-48(81)73-53-54(82)31-10-14-43(37(67)18-31)92-45-20-32-19-44(57(45)95-64-58(56(84)55(83)46(26-75)93-64)94-49-24-65(4,69)59(85)28(3)90-49)91-42-13-9-29(17-36(42)66)7-12-40(78)51(61(87)70-5)35-21-33(76)22-41(79)50(35)34-16-30(8-11-39(34)77)25-71-62(88)52(32)74-60(86)38(23-47(68)80)72-63(53)89/h8-11,13-14,16-22,27-28,38,46,49,51-56,58-59,64,75-77,79,82-85H,6-7,12,15,23-26,69H2,1-5H3,(H2,68,80)(H,70,87)(H,71,88)(H,72,89)(H,73,81)(H,74,86)/t28?,38-,46?,49?,51+,52+,53+,54+,55?,56?,58?,59?,64?,65?/m0/s1. The van der Waals surface area contributed by atoms with Gasteiger partial charge in [0.1, 0.15) is 83.0 Å². The average molecular weight is 1360 g/mol. The number of aryl methyl sites for hydroxylation is 1. The predicted octanol–water partition coefficient (Wildman–Crippen LogP) is 2.92. The molecule has 6 aliphatic rings. The molecule has 0 aliphatic carbocycles. The molecule has 5 aromatic carbocycles. The molecule has 6 amide bonds. The third kappa shape index (κ3) is 16.1. The number of phenolic OH excluding ortho intramolecular Hbond substituents is 3. The number of aliphatic hydroxyl groups excluding tert-OH is 5. The van der Waals surface area contributed by atoms with Crippen LogP contribution in [0.25, 0.3) is 11.1 Å². The molecule has 95 heavy (non-hydrogen) atoms. The first-order valence-electron chi connectivity index (χ1n) is 30.4. The maximum Gasteiger partial charge on any atom is 0.247 e. The molecule has 28 nitrogen and oxygen atoms in total. The number of primary amides is 1. The minimum Gasteiger partial charge on any atom is -0.508 e. The first-order valence-corrected chi connectivity index (χ1v) is 31.2. The third-order valence-electron chi connectivity index (χ3n) is 16.8. The summed E-state index contributed by atoms with van der Waals surface area (Å²) in [6.07, 6.45) is -15.8. The normalized spacial score (nSPS) is 27.4. The van der Waals surface area contributed by atoms with Crippen molar-refractivity contribution < 1.29 is 103 Å². The van der Waals surface area contributed by atoms with Crippen LogP contribution in [0.4, 0.5) is 0 Å². The van der Waals surface area contributed by atoms with Gasteiger partial charge in [-0.1, -0.05) is 55.2 Å². The SMILES string of the molecule is CNC(=O)[C@H]1C(=O)CCc2ccc(c(Cl)c2)Oc2cc3cc(c2OC2OC(CO)C(O)C(O)C2OC2CC(C)(N)C(O)C(C)O2)Oc2ccc(cc2Cl)[C@@H](O)[C@@H](NC(=O)CCC(C)C)C(=O)N[C@@H](CC(N)=O)C(=O)N[C@H]3C(=O)NCc2ccc(O)c(c2)-c2c(O)cc(O)cc21. The average Bonchev–Trinajstić information content (AvgIpc) is 0.880. The molecule has 11 rings (SSSR count). The second-order valence-corrected chi connectivity index (χ2v) is 25.3. The van der Waals surface area contributed by atoms with E-state index in [2.05, 4.69) is 26.6 Å². The first kappa shape index (κ1) is 70.9. The maximum absolute atomic E-state index is 15.4. The van der Waals surface area contributed by atoms with Crippen LogP contribution in [0.3, 0.4) is 0 Å². The largest absolute Gasteiger partial charge is 0.508 e. The van der Waals surface area contributed by atoms with Crippen molar-refractivity contribution in [3.8, 4) is 57.1 Å². The summed E-state index contributed by atoms with van der Waals surface area (Å²) in [5, 5.41) is 103. The lowest BCUT2D eigenvalue weighted by Gasteiger charge is -2.47. The molecule has 9 unspecified atom stereocenters. The van der Waals surface area contributed by atoms with Crippen LogP contribution < -0.4 is 52.3 Å². The third-order valence-corrected chi connectivity index (χ3v) is 17.3. The van der Waals surface area contributed by atoms with Gasteiger partial charge in [-0.05, 0) is 115 Å². The summed E-state index contributed by atoms with van der Waals surface area (Å²) in [5.74, 6) is -12.2. The highest BCUT2D eigenvalue weighted by Crippen LogP contribution is 2.49. The number of aliphatic hydroxyl groups is 5. The Kier molecular flexibility index (Phi) is 22.2. The fraction of sp³-hybridized carbons (Fsp3) is 0.431. The summed E-state index contributed by atoms with van der Waals surface area (Å²) in [6, 6.07) is 10.3. The van der Waals surface area contributed by atoms with Crippen LogP contribution >= 0.6 is 23.2 Å². The van der Waals surface area contributed by atoms with Gasteiger partial charge in [-0.2, -0.15) is 0 Å². The van der Waals surface area contributed by atoms with Gasteiger partial charge in [-0.15, -0.1) is 0 Å². The highest BCUT2D eigenvalue weighted by Gasteiger charge is 2.51. The van der Waals surface area contributed by atoms with E-state index in [1.54, 1.807) is 6.92 Å². The Balaban J connectivity index is 1.28. The van der Waals surface area contributed by atoms with E-state index in [0.717, 1.165) is 18.2 Å². The van der Waals surface area contributed by atoms with E-state index in [9.17, 15) is 64.8 Å². The number of carbonyl (C=O) groups is 7. The van der Waals surface area contributed by atoms with Crippen molar-refractivity contribution in [3.05, 3.63) is 117 Å². The van der Waals surface area contributed by atoms with Crippen LogP contribution in [0.15, 0.2) is 78.9 Å². The lowest BCUT2D eigenvalue weighted by Crippen LogP contribution is -2.64. The van der Waals surface area contributed by atoms with Crippen molar-refractivity contribution in [1.82, 2.24) is 26.6 Å². The van der Waals surface area contributed by atoms with Gasteiger partial charge in [0.05, 0.1) is 35.3 Å². The first-order chi connectivity index (χ1) is 44.9. The summed E-state index contributed by atoms with van der Waals surface area (Å²) < 4.78 is 38.5. The minimum atomic E-state index is -2.02. The van der Waals surface area contributed by atoms with Crippen molar-refractivity contribution >= 4 is 64.4 Å². The van der Waals surface area contributed by atoms with Crippen LogP contribution in [0.1, 0.15) is 106 Å². The molecule has 30 heteroatoms. The van der Waals surface area contributed by atoms with E-state index < -0.39 is 180 Å². The molecule has 0 saturated carbocycles. The molecule has 0 spiro atoms. The number of benzene rings is 5. The van der Waals surface area contributed by atoms with Crippen molar-refractivity contribution in [2.24, 2.45) is 17.4 Å². The number of amides is 6. The number of halogens is 2. The molecule has 14 atom stereocenters. The van der Waals surface area contributed by atoms with Gasteiger partial charge < -0.3 is 107 Å². The van der Waals surface area contributed by atoms with Crippen molar-refractivity contribution in [1.29, 1.82) is 0 Å². The molecule has 2 fully saturated rings. The van der Waals surface area contributed by atoms with Crippen LogP contribution in [0.5, 0.6) is 46.0 Å². The van der Waals surface area contributed by atoms with Gasteiger partial charge in [0.15, 0.2) is 23.9 Å².